The standard InChI is InChI=1S/C14H22N2O/c15-12-10-3-8-4-11(12)7-14(5-8,6-10)16-13(17)9-1-2-9/h8-12H,1-7,15H2,(H,16,17). The number of amides is 1. The first-order valence-corrected chi connectivity index (χ1v) is 7.23. The minimum Gasteiger partial charge on any atom is -0.350 e. The van der Waals surface area contributed by atoms with Crippen LogP contribution in [0.1, 0.15) is 44.9 Å². The lowest BCUT2D eigenvalue weighted by molar-refractivity contribution is -0.128. The van der Waals surface area contributed by atoms with Crippen LogP contribution in [0.4, 0.5) is 0 Å². The van der Waals surface area contributed by atoms with Crippen LogP contribution in [0.2, 0.25) is 0 Å². The molecule has 0 aliphatic heterocycles. The predicted octanol–water partition coefficient (Wildman–Crippen LogP) is 1.42. The normalized spacial score (nSPS) is 51.6. The summed E-state index contributed by atoms with van der Waals surface area (Å²) < 4.78 is 0. The Labute approximate surface area is 103 Å². The zero-order chi connectivity index (χ0) is 11.6. The van der Waals surface area contributed by atoms with E-state index >= 15 is 0 Å². The van der Waals surface area contributed by atoms with Gasteiger partial charge in [-0.3, -0.25) is 4.79 Å². The smallest absolute Gasteiger partial charge is 0.223 e. The molecule has 0 saturated heterocycles. The first kappa shape index (κ1) is 10.4. The van der Waals surface area contributed by atoms with Gasteiger partial charge in [0.15, 0.2) is 0 Å². The van der Waals surface area contributed by atoms with Crippen molar-refractivity contribution in [2.24, 2.45) is 29.4 Å². The molecule has 0 heterocycles. The molecule has 3 N–H and O–H groups in total. The Morgan fingerprint density at radius 3 is 2.35 bits per heavy atom. The van der Waals surface area contributed by atoms with Crippen molar-refractivity contribution in [2.75, 3.05) is 0 Å². The molecule has 17 heavy (non-hydrogen) atoms. The maximum absolute atomic E-state index is 12.0. The Hall–Kier alpha value is -0.570. The van der Waals surface area contributed by atoms with Crippen molar-refractivity contribution in [3.8, 4) is 0 Å². The van der Waals surface area contributed by atoms with Crippen molar-refractivity contribution in [1.29, 1.82) is 0 Å². The van der Waals surface area contributed by atoms with Gasteiger partial charge in [0.1, 0.15) is 0 Å². The number of nitrogens with one attached hydrogen (secondary N) is 1. The number of carbonyl (C=O) groups excluding carboxylic acids is 1. The van der Waals surface area contributed by atoms with E-state index in [4.69, 9.17) is 5.73 Å². The summed E-state index contributed by atoms with van der Waals surface area (Å²) in [4.78, 5) is 12.0. The molecule has 4 bridgehead atoms. The van der Waals surface area contributed by atoms with Gasteiger partial charge < -0.3 is 11.1 Å². The second-order valence-electron chi connectivity index (χ2n) is 7.09. The van der Waals surface area contributed by atoms with Gasteiger partial charge in [0.25, 0.3) is 0 Å². The summed E-state index contributed by atoms with van der Waals surface area (Å²) in [6.07, 6.45) is 8.39. The minimum atomic E-state index is 0.145. The van der Waals surface area contributed by atoms with Gasteiger partial charge in [-0.2, -0.15) is 0 Å². The van der Waals surface area contributed by atoms with Gasteiger partial charge in [-0.25, -0.2) is 0 Å². The molecule has 5 aliphatic carbocycles. The first-order valence-electron chi connectivity index (χ1n) is 7.23. The number of nitrogens with two attached hydrogens (primary N) is 1. The van der Waals surface area contributed by atoms with Crippen LogP contribution in [0, 0.1) is 23.7 Å². The predicted molar refractivity (Wildman–Crippen MR) is 65.1 cm³/mol. The quantitative estimate of drug-likeness (QED) is 0.759. The fourth-order valence-corrected chi connectivity index (χ4v) is 4.93. The Kier molecular flexibility index (Phi) is 1.98. The van der Waals surface area contributed by atoms with Crippen LogP contribution in [0.15, 0.2) is 0 Å². The number of carbonyl (C=O) groups is 1. The van der Waals surface area contributed by atoms with Gasteiger partial charge in [-0.05, 0) is 62.7 Å². The molecule has 0 aromatic heterocycles. The summed E-state index contributed by atoms with van der Waals surface area (Å²) in [5, 5.41) is 3.41. The van der Waals surface area contributed by atoms with Crippen molar-refractivity contribution in [3.05, 3.63) is 0 Å². The Morgan fingerprint density at radius 2 is 1.76 bits per heavy atom. The third kappa shape index (κ3) is 1.55. The van der Waals surface area contributed by atoms with Crippen LogP contribution in [0.5, 0.6) is 0 Å². The molecule has 0 aromatic rings. The maximum atomic E-state index is 12.0. The second-order valence-corrected chi connectivity index (χ2v) is 7.09. The maximum Gasteiger partial charge on any atom is 0.223 e. The van der Waals surface area contributed by atoms with Crippen LogP contribution >= 0.6 is 0 Å². The number of hydrogen-bond donors (Lipinski definition) is 2. The fourth-order valence-electron chi connectivity index (χ4n) is 4.93. The Balaban J connectivity index is 1.55. The average Bonchev–Trinajstić information content (AvgIpc) is 3.07. The monoisotopic (exact) mass is 234 g/mol. The van der Waals surface area contributed by atoms with E-state index in [-0.39, 0.29) is 5.54 Å². The molecule has 0 aromatic carbocycles. The van der Waals surface area contributed by atoms with Crippen molar-refractivity contribution in [1.82, 2.24) is 5.32 Å². The lowest BCUT2D eigenvalue weighted by Crippen LogP contribution is -2.65. The van der Waals surface area contributed by atoms with Gasteiger partial charge in [0.05, 0.1) is 0 Å². The third-order valence-corrected chi connectivity index (χ3v) is 5.68. The summed E-state index contributed by atoms with van der Waals surface area (Å²) in [5.41, 5.74) is 6.46. The molecule has 1 amide bonds. The largest absolute Gasteiger partial charge is 0.350 e. The zero-order valence-electron chi connectivity index (χ0n) is 10.3. The molecule has 5 rings (SSSR count). The van der Waals surface area contributed by atoms with E-state index in [2.05, 4.69) is 5.32 Å². The summed E-state index contributed by atoms with van der Waals surface area (Å²) in [6, 6.07) is 0.414. The van der Waals surface area contributed by atoms with Crippen LogP contribution < -0.4 is 11.1 Å². The molecular weight excluding hydrogens is 212 g/mol. The lowest BCUT2D eigenvalue weighted by Gasteiger charge is -2.59. The fraction of sp³-hybridized carbons (Fsp3) is 0.929. The number of hydrogen-bond acceptors (Lipinski definition) is 2. The summed E-state index contributed by atoms with van der Waals surface area (Å²) in [7, 11) is 0. The van der Waals surface area contributed by atoms with Crippen molar-refractivity contribution in [2.45, 2.75) is 56.5 Å². The first-order chi connectivity index (χ1) is 8.15. The molecule has 3 nitrogen and oxygen atoms in total. The summed E-state index contributed by atoms with van der Waals surface area (Å²) in [5.74, 6) is 2.88. The summed E-state index contributed by atoms with van der Waals surface area (Å²) >= 11 is 0. The van der Waals surface area contributed by atoms with Crippen LogP contribution in [0.25, 0.3) is 0 Å². The van der Waals surface area contributed by atoms with E-state index in [0.29, 0.717) is 29.7 Å². The van der Waals surface area contributed by atoms with Gasteiger partial charge >= 0.3 is 0 Å². The van der Waals surface area contributed by atoms with Gasteiger partial charge in [-0.15, -0.1) is 0 Å². The highest BCUT2D eigenvalue weighted by molar-refractivity contribution is 5.81. The van der Waals surface area contributed by atoms with Crippen LogP contribution in [0.3, 0.4) is 0 Å². The molecule has 5 fully saturated rings. The Bertz CT molecular complexity index is 347. The molecule has 2 atom stereocenters. The lowest BCUT2D eigenvalue weighted by atomic mass is 9.51. The van der Waals surface area contributed by atoms with Crippen molar-refractivity contribution >= 4 is 5.91 Å². The van der Waals surface area contributed by atoms with Crippen molar-refractivity contribution < 1.29 is 4.79 Å². The third-order valence-electron chi connectivity index (χ3n) is 5.68. The highest BCUT2D eigenvalue weighted by Gasteiger charge is 2.55. The van der Waals surface area contributed by atoms with Crippen LogP contribution in [-0.4, -0.2) is 17.5 Å². The summed E-state index contributed by atoms with van der Waals surface area (Å²) in [6.45, 7) is 0. The SMILES string of the molecule is NC1C2CC3CC1CC(NC(=O)C1CC1)(C3)C2. The van der Waals surface area contributed by atoms with E-state index < -0.39 is 0 Å². The van der Waals surface area contributed by atoms with E-state index in [1.165, 1.54) is 19.3 Å². The molecule has 2 unspecified atom stereocenters. The van der Waals surface area contributed by atoms with Crippen LogP contribution in [-0.2, 0) is 4.79 Å². The Morgan fingerprint density at radius 1 is 1.12 bits per heavy atom. The molecule has 5 saturated carbocycles. The molecule has 3 heteroatoms. The highest BCUT2D eigenvalue weighted by atomic mass is 16.2. The van der Waals surface area contributed by atoms with E-state index in [1.54, 1.807) is 0 Å². The van der Waals surface area contributed by atoms with Gasteiger partial charge in [-0.1, -0.05) is 0 Å². The zero-order valence-corrected chi connectivity index (χ0v) is 10.3. The van der Waals surface area contributed by atoms with Gasteiger partial charge in [0, 0.05) is 17.5 Å². The van der Waals surface area contributed by atoms with E-state index in [0.717, 1.165) is 31.6 Å². The van der Waals surface area contributed by atoms with E-state index in [1.807, 2.05) is 0 Å². The molecule has 0 spiro atoms. The number of rotatable bonds is 2. The van der Waals surface area contributed by atoms with Gasteiger partial charge in [0.2, 0.25) is 5.91 Å². The second kappa shape index (κ2) is 3.25. The topological polar surface area (TPSA) is 55.1 Å². The molecule has 94 valence electrons. The molecular formula is C14H22N2O. The van der Waals surface area contributed by atoms with Crippen molar-refractivity contribution in [3.63, 3.8) is 0 Å². The average molecular weight is 234 g/mol. The molecule has 0 radical (unpaired) electrons. The minimum absolute atomic E-state index is 0.145. The van der Waals surface area contributed by atoms with E-state index in [9.17, 15) is 4.79 Å². The highest BCUT2D eigenvalue weighted by Crippen LogP contribution is 2.55. The molecule has 5 aliphatic rings.